The maximum Gasteiger partial charge on any atom is 0.339 e. The van der Waals surface area contributed by atoms with E-state index in [1.165, 1.54) is 14.2 Å². The molecule has 0 saturated heterocycles. The molecule has 0 radical (unpaired) electrons. The number of ether oxygens (including phenoxy) is 2. The van der Waals surface area contributed by atoms with Crippen molar-refractivity contribution in [3.05, 3.63) is 28.3 Å². The molecule has 0 atom stereocenters. The second-order valence-corrected chi connectivity index (χ2v) is 3.14. The zero-order valence-corrected chi connectivity index (χ0v) is 11.0. The Labute approximate surface area is 101 Å². The predicted molar refractivity (Wildman–Crippen MR) is 65.4 cm³/mol. The molecule has 0 aliphatic rings. The van der Waals surface area contributed by atoms with Crippen molar-refractivity contribution < 1.29 is 14.3 Å². The summed E-state index contributed by atoms with van der Waals surface area (Å²) in [5.41, 5.74) is 1.12. The Morgan fingerprint density at radius 1 is 1.25 bits per heavy atom. The molecule has 0 unspecified atom stereocenters. The fourth-order valence-corrected chi connectivity index (χ4v) is 1.53. The number of halogens is 1. The lowest BCUT2D eigenvalue weighted by atomic mass is 10.1. The molecule has 0 heterocycles. The van der Waals surface area contributed by atoms with Crippen LogP contribution in [0.1, 0.15) is 29.8 Å². The molecule has 4 heteroatoms. The molecule has 90 valence electrons. The van der Waals surface area contributed by atoms with Gasteiger partial charge in [0.15, 0.2) is 0 Å². The number of carbonyl (C=O) groups excluding carboxylic acids is 1. The van der Waals surface area contributed by atoms with Crippen LogP contribution in [0.4, 0.5) is 0 Å². The van der Waals surface area contributed by atoms with E-state index in [-0.39, 0.29) is 0 Å². The third-order valence-electron chi connectivity index (χ3n) is 1.92. The molecule has 3 nitrogen and oxygen atoms in total. The van der Waals surface area contributed by atoms with Crippen LogP contribution in [0.2, 0.25) is 5.02 Å². The van der Waals surface area contributed by atoms with Gasteiger partial charge < -0.3 is 9.47 Å². The van der Waals surface area contributed by atoms with E-state index in [0.29, 0.717) is 16.3 Å². The summed E-state index contributed by atoms with van der Waals surface area (Å²) in [5.74, 6) is 0.0177. The van der Waals surface area contributed by atoms with Gasteiger partial charge in [0.1, 0.15) is 5.75 Å². The van der Waals surface area contributed by atoms with Gasteiger partial charge in [-0.05, 0) is 18.6 Å². The van der Waals surface area contributed by atoms with Crippen molar-refractivity contribution in [3.8, 4) is 5.75 Å². The number of aryl methyl sites for hydroxylation is 1. The number of rotatable bonds is 2. The van der Waals surface area contributed by atoms with E-state index in [2.05, 4.69) is 4.74 Å². The first-order valence-corrected chi connectivity index (χ1v) is 5.41. The van der Waals surface area contributed by atoms with Crippen molar-refractivity contribution in [1.29, 1.82) is 0 Å². The average Bonchev–Trinajstić information content (AvgIpc) is 2.31. The number of hydrogen-bond donors (Lipinski definition) is 0. The van der Waals surface area contributed by atoms with Crippen molar-refractivity contribution in [3.63, 3.8) is 0 Å². The second-order valence-electron chi connectivity index (χ2n) is 2.77. The molecule has 0 aliphatic heterocycles. The Balaban J connectivity index is 0.00000106. The Bertz CT molecular complexity index is 362. The highest BCUT2D eigenvalue weighted by Crippen LogP contribution is 2.30. The minimum atomic E-state index is -0.452. The predicted octanol–water partition coefficient (Wildman–Crippen LogP) is 3.47. The lowest BCUT2D eigenvalue weighted by Gasteiger charge is -2.09. The number of hydrogen-bond acceptors (Lipinski definition) is 3. The normalized spacial score (nSPS) is 8.88. The van der Waals surface area contributed by atoms with Gasteiger partial charge in [-0.15, -0.1) is 0 Å². The van der Waals surface area contributed by atoms with Gasteiger partial charge in [0.25, 0.3) is 0 Å². The third-order valence-corrected chi connectivity index (χ3v) is 2.30. The molecule has 1 aromatic rings. The maximum absolute atomic E-state index is 11.4. The van der Waals surface area contributed by atoms with E-state index in [0.717, 1.165) is 5.56 Å². The number of carbonyl (C=O) groups is 1. The number of esters is 1. The molecule has 0 aromatic heterocycles. The first-order chi connectivity index (χ1) is 7.61. The summed E-state index contributed by atoms with van der Waals surface area (Å²) in [5, 5.41) is 0.291. The van der Waals surface area contributed by atoms with Gasteiger partial charge in [-0.3, -0.25) is 0 Å². The third kappa shape index (κ3) is 3.14. The van der Waals surface area contributed by atoms with Crippen LogP contribution in [-0.2, 0) is 4.74 Å². The maximum atomic E-state index is 11.4. The zero-order valence-electron chi connectivity index (χ0n) is 10.3. The molecule has 0 bridgehead atoms. The Kier molecular flexibility index (Phi) is 6.58. The summed E-state index contributed by atoms with van der Waals surface area (Å²) in [4.78, 5) is 11.4. The second kappa shape index (κ2) is 7.12. The van der Waals surface area contributed by atoms with Gasteiger partial charge in [0, 0.05) is 0 Å². The molecule has 0 spiro atoms. The van der Waals surface area contributed by atoms with Crippen LogP contribution >= 0.6 is 11.6 Å². The molecule has 16 heavy (non-hydrogen) atoms. The van der Waals surface area contributed by atoms with Gasteiger partial charge >= 0.3 is 5.97 Å². The SMILES string of the molecule is CC.COC(=O)c1c(C)ccc(OC)c1Cl. The molecule has 0 fully saturated rings. The Morgan fingerprint density at radius 2 is 1.81 bits per heavy atom. The average molecular weight is 245 g/mol. The Morgan fingerprint density at radius 3 is 2.25 bits per heavy atom. The molecule has 1 rings (SSSR count). The number of benzene rings is 1. The lowest BCUT2D eigenvalue weighted by molar-refractivity contribution is 0.0599. The zero-order chi connectivity index (χ0) is 12.7. The summed E-state index contributed by atoms with van der Waals surface area (Å²) in [7, 11) is 2.81. The molecule has 0 saturated carbocycles. The molecular weight excluding hydrogens is 228 g/mol. The fourth-order valence-electron chi connectivity index (χ4n) is 1.16. The summed E-state index contributed by atoms with van der Waals surface area (Å²) in [6.45, 7) is 5.79. The van der Waals surface area contributed by atoms with Crippen LogP contribution in [0, 0.1) is 6.92 Å². The largest absolute Gasteiger partial charge is 0.495 e. The molecule has 0 aliphatic carbocycles. The van der Waals surface area contributed by atoms with Crippen molar-refractivity contribution in [2.75, 3.05) is 14.2 Å². The van der Waals surface area contributed by atoms with Crippen LogP contribution in [0.5, 0.6) is 5.75 Å². The van der Waals surface area contributed by atoms with E-state index in [9.17, 15) is 4.79 Å². The minimum absolute atomic E-state index is 0.291. The van der Waals surface area contributed by atoms with E-state index < -0.39 is 5.97 Å². The Hall–Kier alpha value is -1.22. The van der Waals surface area contributed by atoms with E-state index in [1.54, 1.807) is 19.1 Å². The highest BCUT2D eigenvalue weighted by Gasteiger charge is 2.17. The van der Waals surface area contributed by atoms with Crippen molar-refractivity contribution in [1.82, 2.24) is 0 Å². The van der Waals surface area contributed by atoms with Crippen LogP contribution in [0.3, 0.4) is 0 Å². The number of methoxy groups -OCH3 is 2. The van der Waals surface area contributed by atoms with E-state index in [4.69, 9.17) is 16.3 Å². The first kappa shape index (κ1) is 14.8. The van der Waals surface area contributed by atoms with Gasteiger partial charge in [-0.2, -0.15) is 0 Å². The smallest absolute Gasteiger partial charge is 0.339 e. The van der Waals surface area contributed by atoms with Gasteiger partial charge in [-0.1, -0.05) is 31.5 Å². The van der Waals surface area contributed by atoms with Gasteiger partial charge in [0.2, 0.25) is 0 Å². The monoisotopic (exact) mass is 244 g/mol. The first-order valence-electron chi connectivity index (χ1n) is 5.03. The van der Waals surface area contributed by atoms with Crippen LogP contribution in [0.15, 0.2) is 12.1 Å². The summed E-state index contributed by atoms with van der Waals surface area (Å²) in [6, 6.07) is 3.47. The van der Waals surface area contributed by atoms with Gasteiger partial charge in [0.05, 0.1) is 24.8 Å². The molecule has 0 amide bonds. The van der Waals surface area contributed by atoms with Crippen LogP contribution < -0.4 is 4.74 Å². The highest BCUT2D eigenvalue weighted by molar-refractivity contribution is 6.35. The summed E-state index contributed by atoms with van der Waals surface area (Å²) < 4.78 is 9.61. The lowest BCUT2D eigenvalue weighted by Crippen LogP contribution is -2.05. The van der Waals surface area contributed by atoms with Crippen LogP contribution in [-0.4, -0.2) is 20.2 Å². The van der Waals surface area contributed by atoms with Crippen LogP contribution in [0.25, 0.3) is 0 Å². The van der Waals surface area contributed by atoms with Crippen molar-refractivity contribution in [2.24, 2.45) is 0 Å². The standard InChI is InChI=1S/C10H11ClO3.C2H6/c1-6-4-5-7(13-2)9(11)8(6)10(12)14-3;1-2/h4-5H,1-3H3;1-2H3. The van der Waals surface area contributed by atoms with E-state index >= 15 is 0 Å². The molecular formula is C12H17ClO3. The quantitative estimate of drug-likeness (QED) is 0.748. The minimum Gasteiger partial charge on any atom is -0.495 e. The van der Waals surface area contributed by atoms with E-state index in [1.807, 2.05) is 13.8 Å². The van der Waals surface area contributed by atoms with Gasteiger partial charge in [-0.25, -0.2) is 4.79 Å². The fraction of sp³-hybridized carbons (Fsp3) is 0.417. The molecule has 1 aromatic carbocycles. The summed E-state index contributed by atoms with van der Waals surface area (Å²) >= 11 is 5.96. The highest BCUT2D eigenvalue weighted by atomic mass is 35.5. The van der Waals surface area contributed by atoms with Crippen molar-refractivity contribution in [2.45, 2.75) is 20.8 Å². The summed E-state index contributed by atoms with van der Waals surface area (Å²) in [6.07, 6.45) is 0. The molecule has 0 N–H and O–H groups in total. The van der Waals surface area contributed by atoms with Crippen molar-refractivity contribution >= 4 is 17.6 Å². The topological polar surface area (TPSA) is 35.5 Å².